The Hall–Kier alpha value is -2.95. The number of hydrogen-bond donors (Lipinski definition) is 2. The van der Waals surface area contributed by atoms with Gasteiger partial charge >= 0.3 is 0 Å². The standard InChI is InChI=1S/C22H25N3O2/c26-21(13-12-17-7-2-1-3-8-17)25-20-11-5-4-9-18(20)16-24-22(27)19-10-6-14-23-15-19/h4-6,9-15,17H,1-3,7-8,16H2,(H,24,27)(H,25,26)/b13-12+. The Labute approximate surface area is 159 Å². The van der Waals surface area contributed by atoms with Crippen LogP contribution in [0.1, 0.15) is 48.0 Å². The lowest BCUT2D eigenvalue weighted by Gasteiger charge is -2.17. The Balaban J connectivity index is 1.57. The summed E-state index contributed by atoms with van der Waals surface area (Å²) in [6, 6.07) is 10.9. The van der Waals surface area contributed by atoms with Gasteiger partial charge in [-0.25, -0.2) is 0 Å². The van der Waals surface area contributed by atoms with Crippen LogP contribution in [0.15, 0.2) is 60.9 Å². The zero-order chi connectivity index (χ0) is 18.9. The van der Waals surface area contributed by atoms with Gasteiger partial charge in [-0.3, -0.25) is 14.6 Å². The van der Waals surface area contributed by atoms with Crippen molar-refractivity contribution in [1.82, 2.24) is 10.3 Å². The number of rotatable bonds is 6. The summed E-state index contributed by atoms with van der Waals surface area (Å²) in [5, 5.41) is 5.79. The predicted octanol–water partition coefficient (Wildman–Crippen LogP) is 4.09. The van der Waals surface area contributed by atoms with Gasteiger partial charge < -0.3 is 10.6 Å². The van der Waals surface area contributed by atoms with E-state index in [0.29, 0.717) is 23.7 Å². The predicted molar refractivity (Wildman–Crippen MR) is 106 cm³/mol. The van der Waals surface area contributed by atoms with Crippen LogP contribution in [0.2, 0.25) is 0 Å². The highest BCUT2D eigenvalue weighted by atomic mass is 16.2. The largest absolute Gasteiger partial charge is 0.348 e. The lowest BCUT2D eigenvalue weighted by Crippen LogP contribution is -2.23. The maximum absolute atomic E-state index is 12.3. The lowest BCUT2D eigenvalue weighted by molar-refractivity contribution is -0.111. The maximum Gasteiger partial charge on any atom is 0.253 e. The van der Waals surface area contributed by atoms with Crippen LogP contribution in [-0.2, 0) is 11.3 Å². The summed E-state index contributed by atoms with van der Waals surface area (Å²) < 4.78 is 0. The molecule has 1 aromatic heterocycles. The SMILES string of the molecule is O=C(/C=C/C1CCCCC1)Nc1ccccc1CNC(=O)c1cccnc1. The van der Waals surface area contributed by atoms with Crippen molar-refractivity contribution in [2.24, 2.45) is 5.92 Å². The van der Waals surface area contributed by atoms with Gasteiger partial charge in [0.1, 0.15) is 0 Å². The van der Waals surface area contributed by atoms with E-state index in [1.54, 1.807) is 24.4 Å². The summed E-state index contributed by atoms with van der Waals surface area (Å²) in [4.78, 5) is 28.4. The average Bonchev–Trinajstić information content (AvgIpc) is 2.73. The topological polar surface area (TPSA) is 71.1 Å². The fraction of sp³-hybridized carbons (Fsp3) is 0.318. The van der Waals surface area contributed by atoms with Crippen molar-refractivity contribution < 1.29 is 9.59 Å². The molecule has 0 bridgehead atoms. The molecule has 1 saturated carbocycles. The number of hydrogen-bond acceptors (Lipinski definition) is 3. The van der Waals surface area contributed by atoms with E-state index in [-0.39, 0.29) is 11.8 Å². The third-order valence-corrected chi connectivity index (χ3v) is 4.81. The van der Waals surface area contributed by atoms with Gasteiger partial charge in [0.15, 0.2) is 0 Å². The molecule has 5 nitrogen and oxygen atoms in total. The number of pyridine rings is 1. The molecule has 0 unspecified atom stereocenters. The molecular weight excluding hydrogens is 338 g/mol. The molecule has 0 atom stereocenters. The third-order valence-electron chi connectivity index (χ3n) is 4.81. The van der Waals surface area contributed by atoms with E-state index in [0.717, 1.165) is 5.56 Å². The van der Waals surface area contributed by atoms with Crippen LogP contribution < -0.4 is 10.6 Å². The summed E-state index contributed by atoms with van der Waals surface area (Å²) in [5.41, 5.74) is 2.07. The molecule has 140 valence electrons. The Morgan fingerprint density at radius 1 is 1.07 bits per heavy atom. The monoisotopic (exact) mass is 363 g/mol. The van der Waals surface area contributed by atoms with Gasteiger partial charge in [0.05, 0.1) is 5.56 Å². The number of allylic oxidation sites excluding steroid dienone is 1. The molecule has 1 aromatic carbocycles. The Bertz CT molecular complexity index is 796. The zero-order valence-electron chi connectivity index (χ0n) is 15.4. The van der Waals surface area contributed by atoms with Gasteiger partial charge in [0.25, 0.3) is 5.91 Å². The normalized spacial score (nSPS) is 14.8. The van der Waals surface area contributed by atoms with Crippen molar-refractivity contribution in [3.63, 3.8) is 0 Å². The first-order chi connectivity index (χ1) is 13.2. The van der Waals surface area contributed by atoms with Crippen molar-refractivity contribution in [3.05, 3.63) is 72.1 Å². The van der Waals surface area contributed by atoms with Crippen molar-refractivity contribution in [1.29, 1.82) is 0 Å². The minimum atomic E-state index is -0.193. The van der Waals surface area contributed by atoms with Gasteiger partial charge in [0, 0.05) is 24.6 Å². The average molecular weight is 363 g/mol. The summed E-state index contributed by atoms with van der Waals surface area (Å²) in [6.45, 7) is 0.330. The molecule has 2 N–H and O–H groups in total. The summed E-state index contributed by atoms with van der Waals surface area (Å²) in [7, 11) is 0. The molecule has 5 heteroatoms. The third kappa shape index (κ3) is 5.78. The van der Waals surface area contributed by atoms with Gasteiger partial charge in [0.2, 0.25) is 5.91 Å². The van der Waals surface area contributed by atoms with Crippen molar-refractivity contribution in [3.8, 4) is 0 Å². The number of carbonyl (C=O) groups excluding carboxylic acids is 2. The summed E-state index contributed by atoms with van der Waals surface area (Å²) >= 11 is 0. The van der Waals surface area contributed by atoms with E-state index >= 15 is 0 Å². The van der Waals surface area contributed by atoms with Gasteiger partial charge in [-0.05, 0) is 48.6 Å². The van der Waals surface area contributed by atoms with Crippen LogP contribution in [0.5, 0.6) is 0 Å². The maximum atomic E-state index is 12.3. The molecule has 1 aliphatic rings. The quantitative estimate of drug-likeness (QED) is 0.760. The molecule has 0 spiro atoms. The van der Waals surface area contributed by atoms with E-state index in [2.05, 4.69) is 15.6 Å². The van der Waals surface area contributed by atoms with Crippen LogP contribution in [0.3, 0.4) is 0 Å². The number of nitrogens with one attached hydrogen (secondary N) is 2. The molecule has 0 saturated heterocycles. The van der Waals surface area contributed by atoms with Crippen LogP contribution in [0, 0.1) is 5.92 Å². The smallest absolute Gasteiger partial charge is 0.253 e. The lowest BCUT2D eigenvalue weighted by atomic mass is 9.89. The number of amides is 2. The zero-order valence-corrected chi connectivity index (χ0v) is 15.4. The Morgan fingerprint density at radius 2 is 1.89 bits per heavy atom. The van der Waals surface area contributed by atoms with Crippen molar-refractivity contribution in [2.75, 3.05) is 5.32 Å². The number of para-hydroxylation sites is 1. The first-order valence-electron chi connectivity index (χ1n) is 9.47. The second-order valence-electron chi connectivity index (χ2n) is 6.83. The first-order valence-corrected chi connectivity index (χ1v) is 9.47. The number of benzene rings is 1. The van der Waals surface area contributed by atoms with Crippen LogP contribution in [0.25, 0.3) is 0 Å². The molecule has 27 heavy (non-hydrogen) atoms. The fourth-order valence-electron chi connectivity index (χ4n) is 3.30. The van der Waals surface area contributed by atoms with E-state index in [4.69, 9.17) is 0 Å². The molecule has 2 aromatic rings. The molecule has 2 amide bonds. The molecule has 3 rings (SSSR count). The first kappa shape index (κ1) is 18.8. The minimum Gasteiger partial charge on any atom is -0.348 e. The Morgan fingerprint density at radius 3 is 2.67 bits per heavy atom. The number of aromatic nitrogens is 1. The second kappa shape index (κ2) is 9.67. The second-order valence-corrected chi connectivity index (χ2v) is 6.83. The highest BCUT2D eigenvalue weighted by Crippen LogP contribution is 2.24. The van der Waals surface area contributed by atoms with E-state index < -0.39 is 0 Å². The molecule has 0 aliphatic heterocycles. The molecular formula is C22H25N3O2. The van der Waals surface area contributed by atoms with Crippen LogP contribution >= 0.6 is 0 Å². The Kier molecular flexibility index (Phi) is 6.74. The number of anilines is 1. The van der Waals surface area contributed by atoms with Gasteiger partial charge in [-0.15, -0.1) is 0 Å². The van der Waals surface area contributed by atoms with Gasteiger partial charge in [-0.1, -0.05) is 43.5 Å². The van der Waals surface area contributed by atoms with E-state index in [1.807, 2.05) is 30.3 Å². The number of carbonyl (C=O) groups is 2. The van der Waals surface area contributed by atoms with Crippen molar-refractivity contribution >= 4 is 17.5 Å². The van der Waals surface area contributed by atoms with Crippen molar-refractivity contribution in [2.45, 2.75) is 38.6 Å². The van der Waals surface area contributed by atoms with Crippen LogP contribution in [-0.4, -0.2) is 16.8 Å². The summed E-state index contributed by atoms with van der Waals surface area (Å²) in [6.07, 6.45) is 13.0. The highest BCUT2D eigenvalue weighted by Gasteiger charge is 2.11. The molecule has 0 radical (unpaired) electrons. The fourth-order valence-corrected chi connectivity index (χ4v) is 3.30. The summed E-state index contributed by atoms with van der Waals surface area (Å²) in [5.74, 6) is 0.187. The van der Waals surface area contributed by atoms with E-state index in [9.17, 15) is 9.59 Å². The van der Waals surface area contributed by atoms with Crippen LogP contribution in [0.4, 0.5) is 5.69 Å². The molecule has 1 fully saturated rings. The van der Waals surface area contributed by atoms with Gasteiger partial charge in [-0.2, -0.15) is 0 Å². The van der Waals surface area contributed by atoms with E-state index in [1.165, 1.54) is 38.3 Å². The molecule has 1 aliphatic carbocycles. The molecule has 1 heterocycles. The number of nitrogens with zero attached hydrogens (tertiary/aromatic N) is 1. The minimum absolute atomic E-state index is 0.133. The highest BCUT2D eigenvalue weighted by molar-refractivity contribution is 6.00.